The van der Waals surface area contributed by atoms with E-state index in [1.807, 2.05) is 0 Å². The summed E-state index contributed by atoms with van der Waals surface area (Å²) in [6.45, 7) is 16.7. The minimum absolute atomic E-state index is 0. The van der Waals surface area contributed by atoms with Crippen LogP contribution < -0.4 is 0 Å². The zero-order valence-electron chi connectivity index (χ0n) is 12.2. The van der Waals surface area contributed by atoms with Gasteiger partial charge in [-0.1, -0.05) is 55.9 Å². The highest BCUT2D eigenvalue weighted by Crippen LogP contribution is 2.23. The Hall–Kier alpha value is -0.0400. The molecular weight excluding hydrogens is 196 g/mol. The Morgan fingerprint density at radius 2 is 1.38 bits per heavy atom. The molecule has 1 heteroatoms. The molecule has 0 saturated carbocycles. The van der Waals surface area contributed by atoms with Crippen LogP contribution in [0.3, 0.4) is 0 Å². The van der Waals surface area contributed by atoms with Gasteiger partial charge < -0.3 is 4.74 Å². The van der Waals surface area contributed by atoms with Gasteiger partial charge in [0.2, 0.25) is 0 Å². The van der Waals surface area contributed by atoms with Crippen LogP contribution in [0, 0.1) is 17.3 Å². The van der Waals surface area contributed by atoms with E-state index < -0.39 is 0 Å². The Bertz CT molecular complexity index is 120. The Labute approximate surface area is 105 Å². The van der Waals surface area contributed by atoms with Crippen molar-refractivity contribution in [3.63, 3.8) is 0 Å². The predicted octanol–water partition coefficient (Wildman–Crippen LogP) is 5.39. The molecule has 0 amide bonds. The lowest BCUT2D eigenvalue weighted by molar-refractivity contribution is 0.183. The van der Waals surface area contributed by atoms with Gasteiger partial charge in [0.1, 0.15) is 0 Å². The summed E-state index contributed by atoms with van der Waals surface area (Å²) in [5.41, 5.74) is 0.522. The van der Waals surface area contributed by atoms with Gasteiger partial charge in [0.05, 0.1) is 0 Å². The Kier molecular flexibility index (Phi) is 15.2. The van der Waals surface area contributed by atoms with E-state index >= 15 is 0 Å². The van der Waals surface area contributed by atoms with Gasteiger partial charge in [0.25, 0.3) is 0 Å². The molecular formula is C15H36O. The van der Waals surface area contributed by atoms with Crippen LogP contribution in [0.15, 0.2) is 0 Å². The monoisotopic (exact) mass is 232 g/mol. The molecule has 0 fully saturated rings. The molecule has 0 rings (SSSR count). The van der Waals surface area contributed by atoms with Crippen LogP contribution >= 0.6 is 0 Å². The maximum absolute atomic E-state index is 4.85. The highest BCUT2D eigenvalue weighted by Gasteiger charge is 2.11. The Morgan fingerprint density at radius 1 is 0.938 bits per heavy atom. The third-order valence-corrected chi connectivity index (χ3v) is 1.92. The van der Waals surface area contributed by atoms with Crippen LogP contribution in [-0.4, -0.2) is 13.7 Å². The number of hydrogen-bond acceptors (Lipinski definition) is 1. The van der Waals surface area contributed by atoms with E-state index in [4.69, 9.17) is 4.74 Å². The maximum Gasteiger partial charge on any atom is 0.0464 e. The fourth-order valence-corrected chi connectivity index (χ4v) is 1.58. The van der Waals surface area contributed by atoms with Gasteiger partial charge in [-0.05, 0) is 30.1 Å². The number of hydrogen-bond donors (Lipinski definition) is 0. The maximum atomic E-state index is 4.85. The van der Waals surface area contributed by atoms with Crippen molar-refractivity contribution >= 4 is 0 Å². The number of rotatable bonds is 4. The van der Waals surface area contributed by atoms with Gasteiger partial charge in [-0.25, -0.2) is 0 Å². The van der Waals surface area contributed by atoms with E-state index in [9.17, 15) is 0 Å². The lowest BCUT2D eigenvalue weighted by atomic mass is 9.86. The molecule has 0 spiro atoms. The van der Waals surface area contributed by atoms with Gasteiger partial charge in [-0.3, -0.25) is 0 Å². The fraction of sp³-hybridized carbons (Fsp3) is 1.00. The second-order valence-corrected chi connectivity index (χ2v) is 6.33. The van der Waals surface area contributed by atoms with E-state index in [1.165, 1.54) is 12.8 Å². The van der Waals surface area contributed by atoms with Crippen molar-refractivity contribution < 1.29 is 4.74 Å². The third kappa shape index (κ3) is 29.2. The van der Waals surface area contributed by atoms with Crippen molar-refractivity contribution in [2.45, 2.75) is 68.7 Å². The summed E-state index contributed by atoms with van der Waals surface area (Å²) in [5.74, 6) is 1.62. The molecule has 102 valence electrons. The molecule has 0 bridgehead atoms. The van der Waals surface area contributed by atoms with Crippen LogP contribution in [-0.2, 0) is 4.74 Å². The Balaban J connectivity index is -0.000000200. The molecule has 0 radical (unpaired) electrons. The highest BCUT2D eigenvalue weighted by molar-refractivity contribution is 4.62. The summed E-state index contributed by atoms with van der Waals surface area (Å²) in [6.07, 6.45) is 2.50. The van der Waals surface area contributed by atoms with Crippen LogP contribution in [0.4, 0.5) is 0 Å². The molecule has 0 aliphatic rings. The zero-order valence-corrected chi connectivity index (χ0v) is 12.2. The molecule has 0 saturated heterocycles. The largest absolute Gasteiger partial charge is 0.385 e. The zero-order chi connectivity index (χ0) is 12.5. The summed E-state index contributed by atoms with van der Waals surface area (Å²) < 4.78 is 4.85. The van der Waals surface area contributed by atoms with Crippen molar-refractivity contribution in [3.05, 3.63) is 0 Å². The van der Waals surface area contributed by atoms with Crippen molar-refractivity contribution in [3.8, 4) is 0 Å². The summed E-state index contributed by atoms with van der Waals surface area (Å²) in [5, 5.41) is 0. The highest BCUT2D eigenvalue weighted by atomic mass is 16.5. The van der Waals surface area contributed by atoms with Crippen LogP contribution in [0.25, 0.3) is 0 Å². The second-order valence-electron chi connectivity index (χ2n) is 6.33. The van der Waals surface area contributed by atoms with E-state index in [1.54, 1.807) is 7.11 Å². The first-order valence-corrected chi connectivity index (χ1v) is 6.18. The van der Waals surface area contributed by atoms with Crippen molar-refractivity contribution in [2.24, 2.45) is 17.3 Å². The van der Waals surface area contributed by atoms with Gasteiger partial charge in [-0.2, -0.15) is 0 Å². The van der Waals surface area contributed by atoms with Crippen LogP contribution in [0.1, 0.15) is 68.7 Å². The lowest BCUT2D eigenvalue weighted by Gasteiger charge is -2.19. The molecule has 0 aromatic carbocycles. The first-order valence-electron chi connectivity index (χ1n) is 6.18. The van der Waals surface area contributed by atoms with E-state index in [0.717, 1.165) is 18.4 Å². The smallest absolute Gasteiger partial charge is 0.0464 e. The minimum atomic E-state index is 0. The summed E-state index contributed by atoms with van der Waals surface area (Å²) >= 11 is 0. The molecule has 0 aliphatic carbocycles. The van der Waals surface area contributed by atoms with Crippen LogP contribution in [0.2, 0.25) is 0 Å². The standard InChI is InChI=1S/C8H18.C6H14O.CH4/c1-7(2)6-8(3,4)5;1-6(2)4-5-7-3;/h7H,6H2,1-5H3;6H,4-5H2,1-3H3;1H4. The van der Waals surface area contributed by atoms with Gasteiger partial charge in [0, 0.05) is 13.7 Å². The number of ether oxygens (including phenoxy) is 1. The summed E-state index contributed by atoms with van der Waals surface area (Å²) in [6, 6.07) is 0. The molecule has 0 N–H and O–H groups in total. The van der Waals surface area contributed by atoms with Crippen molar-refractivity contribution in [2.75, 3.05) is 13.7 Å². The molecule has 0 heterocycles. The first-order chi connectivity index (χ1) is 6.69. The molecule has 0 aliphatic heterocycles. The van der Waals surface area contributed by atoms with E-state index in [0.29, 0.717) is 5.41 Å². The SMILES string of the molecule is C.CC(C)CC(C)(C)C.COCCC(C)C. The minimum Gasteiger partial charge on any atom is -0.385 e. The van der Waals surface area contributed by atoms with E-state index in [-0.39, 0.29) is 7.43 Å². The fourth-order valence-electron chi connectivity index (χ4n) is 1.58. The predicted molar refractivity (Wildman–Crippen MR) is 77.0 cm³/mol. The second kappa shape index (κ2) is 11.4. The lowest BCUT2D eigenvalue weighted by Crippen LogP contribution is -2.08. The molecule has 0 aromatic heterocycles. The Morgan fingerprint density at radius 3 is 1.44 bits per heavy atom. The van der Waals surface area contributed by atoms with Crippen molar-refractivity contribution in [1.29, 1.82) is 0 Å². The third-order valence-electron chi connectivity index (χ3n) is 1.92. The van der Waals surface area contributed by atoms with Crippen molar-refractivity contribution in [1.82, 2.24) is 0 Å². The van der Waals surface area contributed by atoms with Crippen LogP contribution in [0.5, 0.6) is 0 Å². The molecule has 0 unspecified atom stereocenters. The van der Waals surface area contributed by atoms with Gasteiger partial charge >= 0.3 is 0 Å². The molecule has 16 heavy (non-hydrogen) atoms. The topological polar surface area (TPSA) is 9.23 Å². The normalized spacial score (nSPS) is 10.9. The molecule has 0 atom stereocenters. The first kappa shape index (κ1) is 21.3. The van der Waals surface area contributed by atoms with Gasteiger partial charge in [0.15, 0.2) is 0 Å². The number of methoxy groups -OCH3 is 1. The molecule has 0 aromatic rings. The van der Waals surface area contributed by atoms with E-state index in [2.05, 4.69) is 48.5 Å². The average molecular weight is 232 g/mol. The summed E-state index contributed by atoms with van der Waals surface area (Å²) in [4.78, 5) is 0. The average Bonchev–Trinajstić information content (AvgIpc) is 1.96. The summed E-state index contributed by atoms with van der Waals surface area (Å²) in [7, 11) is 1.74. The quantitative estimate of drug-likeness (QED) is 0.631. The molecule has 1 nitrogen and oxygen atoms in total. The van der Waals surface area contributed by atoms with Gasteiger partial charge in [-0.15, -0.1) is 0 Å².